The Morgan fingerprint density at radius 3 is 2.89 bits per heavy atom. The third kappa shape index (κ3) is 1.61. The van der Waals surface area contributed by atoms with Gasteiger partial charge in [-0.25, -0.2) is 0 Å². The Hall–Kier alpha value is -2.10. The van der Waals surface area contributed by atoms with E-state index in [-0.39, 0.29) is 18.9 Å². The fourth-order valence-electron chi connectivity index (χ4n) is 2.28. The van der Waals surface area contributed by atoms with Gasteiger partial charge in [0.05, 0.1) is 6.61 Å². The van der Waals surface area contributed by atoms with Gasteiger partial charge in [0.15, 0.2) is 5.41 Å². The molecule has 0 fully saturated rings. The van der Waals surface area contributed by atoms with E-state index in [2.05, 4.69) is 11.9 Å². The predicted octanol–water partition coefficient (Wildman–Crippen LogP) is 2.02. The SMILES string of the molecule is C=CC[C@@]1(C(=O)OCC)C(=O)Nc2ccccc21. The van der Waals surface area contributed by atoms with Crippen molar-refractivity contribution in [3.8, 4) is 0 Å². The molecule has 1 atom stereocenters. The van der Waals surface area contributed by atoms with E-state index in [1.54, 1.807) is 31.2 Å². The van der Waals surface area contributed by atoms with E-state index in [1.165, 1.54) is 0 Å². The van der Waals surface area contributed by atoms with Crippen LogP contribution in [0, 0.1) is 0 Å². The number of nitrogens with one attached hydrogen (secondary N) is 1. The molecule has 1 N–H and O–H groups in total. The first kappa shape index (κ1) is 12.4. The van der Waals surface area contributed by atoms with Crippen molar-refractivity contribution in [2.45, 2.75) is 18.8 Å². The van der Waals surface area contributed by atoms with Gasteiger partial charge in [-0.2, -0.15) is 0 Å². The number of carbonyl (C=O) groups excluding carboxylic acids is 2. The number of allylic oxidation sites excluding steroid dienone is 1. The monoisotopic (exact) mass is 245 g/mol. The summed E-state index contributed by atoms with van der Waals surface area (Å²) in [6.07, 6.45) is 1.80. The molecule has 1 aromatic carbocycles. The van der Waals surface area contributed by atoms with Gasteiger partial charge in [-0.3, -0.25) is 9.59 Å². The number of carbonyl (C=O) groups is 2. The van der Waals surface area contributed by atoms with Crippen LogP contribution in [0.1, 0.15) is 18.9 Å². The van der Waals surface area contributed by atoms with Gasteiger partial charge in [0, 0.05) is 11.3 Å². The maximum atomic E-state index is 12.2. The number of anilines is 1. The summed E-state index contributed by atoms with van der Waals surface area (Å²) in [6.45, 7) is 5.60. The number of hydrogen-bond donors (Lipinski definition) is 1. The van der Waals surface area contributed by atoms with Crippen LogP contribution in [0.5, 0.6) is 0 Å². The van der Waals surface area contributed by atoms with E-state index in [9.17, 15) is 9.59 Å². The average Bonchev–Trinajstić information content (AvgIpc) is 2.64. The molecule has 0 aromatic heterocycles. The Balaban J connectivity index is 2.56. The zero-order chi connectivity index (χ0) is 13.2. The zero-order valence-corrected chi connectivity index (χ0v) is 10.2. The van der Waals surface area contributed by atoms with Crippen LogP contribution in [-0.2, 0) is 19.7 Å². The number of ether oxygens (including phenoxy) is 1. The fraction of sp³-hybridized carbons (Fsp3) is 0.286. The summed E-state index contributed by atoms with van der Waals surface area (Å²) in [5.74, 6) is -0.866. The normalized spacial score (nSPS) is 21.1. The minimum Gasteiger partial charge on any atom is -0.465 e. The summed E-state index contributed by atoms with van der Waals surface area (Å²) in [5, 5.41) is 2.72. The van der Waals surface area contributed by atoms with Crippen molar-refractivity contribution >= 4 is 17.6 Å². The molecule has 0 unspecified atom stereocenters. The predicted molar refractivity (Wildman–Crippen MR) is 68.2 cm³/mol. The Morgan fingerprint density at radius 1 is 1.50 bits per heavy atom. The topological polar surface area (TPSA) is 55.4 Å². The van der Waals surface area contributed by atoms with Crippen molar-refractivity contribution in [2.75, 3.05) is 11.9 Å². The van der Waals surface area contributed by atoms with Crippen molar-refractivity contribution in [1.82, 2.24) is 0 Å². The molecular formula is C14H15NO3. The van der Waals surface area contributed by atoms with Gasteiger partial charge in [-0.05, 0) is 19.4 Å². The molecule has 0 saturated heterocycles. The maximum Gasteiger partial charge on any atom is 0.326 e. The Kier molecular flexibility index (Phi) is 3.19. The lowest BCUT2D eigenvalue weighted by atomic mass is 9.78. The van der Waals surface area contributed by atoms with Crippen LogP contribution < -0.4 is 5.32 Å². The number of fused-ring (bicyclic) bond motifs is 1. The first-order valence-electron chi connectivity index (χ1n) is 5.86. The summed E-state index contributed by atoms with van der Waals surface area (Å²) >= 11 is 0. The van der Waals surface area contributed by atoms with Gasteiger partial charge in [0.25, 0.3) is 0 Å². The number of amides is 1. The molecule has 4 nitrogen and oxygen atoms in total. The molecule has 0 radical (unpaired) electrons. The van der Waals surface area contributed by atoms with E-state index < -0.39 is 11.4 Å². The van der Waals surface area contributed by atoms with Crippen LogP contribution >= 0.6 is 0 Å². The summed E-state index contributed by atoms with van der Waals surface area (Å²) in [4.78, 5) is 24.4. The fourth-order valence-corrected chi connectivity index (χ4v) is 2.28. The van der Waals surface area contributed by atoms with Crippen molar-refractivity contribution < 1.29 is 14.3 Å². The molecule has 18 heavy (non-hydrogen) atoms. The van der Waals surface area contributed by atoms with Crippen LogP contribution in [-0.4, -0.2) is 18.5 Å². The smallest absolute Gasteiger partial charge is 0.326 e. The van der Waals surface area contributed by atoms with Crippen LogP contribution in [0.4, 0.5) is 5.69 Å². The Morgan fingerprint density at radius 2 is 2.22 bits per heavy atom. The van der Waals surface area contributed by atoms with E-state index in [4.69, 9.17) is 4.74 Å². The summed E-state index contributed by atoms with van der Waals surface area (Å²) in [7, 11) is 0. The lowest BCUT2D eigenvalue weighted by molar-refractivity contribution is -0.153. The molecular weight excluding hydrogens is 230 g/mol. The van der Waals surface area contributed by atoms with Crippen molar-refractivity contribution in [3.05, 3.63) is 42.5 Å². The second kappa shape index (κ2) is 4.64. The number of rotatable bonds is 4. The second-order valence-electron chi connectivity index (χ2n) is 4.12. The van der Waals surface area contributed by atoms with E-state index >= 15 is 0 Å². The minimum atomic E-state index is -1.28. The molecule has 1 aromatic rings. The molecule has 0 bridgehead atoms. The molecule has 0 spiro atoms. The molecule has 1 aliphatic heterocycles. The van der Waals surface area contributed by atoms with Crippen LogP contribution in [0.15, 0.2) is 36.9 Å². The van der Waals surface area contributed by atoms with E-state index in [0.29, 0.717) is 11.3 Å². The van der Waals surface area contributed by atoms with Crippen LogP contribution in [0.2, 0.25) is 0 Å². The van der Waals surface area contributed by atoms with Crippen LogP contribution in [0.25, 0.3) is 0 Å². The molecule has 1 aliphatic rings. The number of esters is 1. The quantitative estimate of drug-likeness (QED) is 0.501. The highest BCUT2D eigenvalue weighted by Gasteiger charge is 2.53. The van der Waals surface area contributed by atoms with Crippen molar-refractivity contribution in [1.29, 1.82) is 0 Å². The molecule has 0 saturated carbocycles. The second-order valence-corrected chi connectivity index (χ2v) is 4.12. The highest BCUT2D eigenvalue weighted by molar-refractivity contribution is 6.19. The van der Waals surface area contributed by atoms with Crippen LogP contribution in [0.3, 0.4) is 0 Å². The standard InChI is InChI=1S/C14H15NO3/c1-3-9-14(13(17)18-4-2)10-7-5-6-8-11(10)15-12(14)16/h3,5-8H,1,4,9H2,2H3,(H,15,16)/t14-/m0/s1. The lowest BCUT2D eigenvalue weighted by Crippen LogP contribution is -2.43. The number of benzene rings is 1. The Labute approximate surface area is 106 Å². The van der Waals surface area contributed by atoms with Gasteiger partial charge in [-0.15, -0.1) is 6.58 Å². The summed E-state index contributed by atoms with van der Waals surface area (Å²) < 4.78 is 5.06. The molecule has 1 heterocycles. The third-order valence-corrected chi connectivity index (χ3v) is 3.10. The first-order valence-corrected chi connectivity index (χ1v) is 5.86. The van der Waals surface area contributed by atoms with Gasteiger partial charge in [0.2, 0.25) is 5.91 Å². The summed E-state index contributed by atoms with van der Waals surface area (Å²) in [6, 6.07) is 7.16. The van der Waals surface area contributed by atoms with E-state index in [1.807, 2.05) is 6.07 Å². The largest absolute Gasteiger partial charge is 0.465 e. The highest BCUT2D eigenvalue weighted by atomic mass is 16.5. The molecule has 0 aliphatic carbocycles. The first-order chi connectivity index (χ1) is 8.66. The van der Waals surface area contributed by atoms with Gasteiger partial charge >= 0.3 is 5.97 Å². The third-order valence-electron chi connectivity index (χ3n) is 3.10. The molecule has 1 amide bonds. The number of para-hydroxylation sites is 1. The number of hydrogen-bond acceptors (Lipinski definition) is 3. The maximum absolute atomic E-state index is 12.2. The van der Waals surface area contributed by atoms with Crippen molar-refractivity contribution in [3.63, 3.8) is 0 Å². The van der Waals surface area contributed by atoms with Gasteiger partial charge in [-0.1, -0.05) is 24.3 Å². The average molecular weight is 245 g/mol. The van der Waals surface area contributed by atoms with Gasteiger partial charge < -0.3 is 10.1 Å². The van der Waals surface area contributed by atoms with Crippen molar-refractivity contribution in [2.24, 2.45) is 0 Å². The minimum absolute atomic E-state index is 0.231. The highest BCUT2D eigenvalue weighted by Crippen LogP contribution is 2.41. The molecule has 94 valence electrons. The van der Waals surface area contributed by atoms with E-state index in [0.717, 1.165) is 0 Å². The zero-order valence-electron chi connectivity index (χ0n) is 10.2. The Bertz CT molecular complexity index is 510. The lowest BCUT2D eigenvalue weighted by Gasteiger charge is -2.23. The molecule has 4 heteroatoms. The van der Waals surface area contributed by atoms with Gasteiger partial charge in [0.1, 0.15) is 0 Å². The molecule has 2 rings (SSSR count). The summed E-state index contributed by atoms with van der Waals surface area (Å²) in [5.41, 5.74) is 0.0414.